The smallest absolute Gasteiger partial charge is 0.273 e. The van der Waals surface area contributed by atoms with Crippen LogP contribution in [0.1, 0.15) is 16.1 Å². The van der Waals surface area contributed by atoms with Gasteiger partial charge in [0.05, 0.1) is 0 Å². The van der Waals surface area contributed by atoms with E-state index >= 15 is 0 Å². The molecule has 1 aromatic heterocycles. The number of thiazole rings is 1. The number of rotatable bonds is 4. The second-order valence-electron chi connectivity index (χ2n) is 5.30. The number of halogens is 2. The van der Waals surface area contributed by atoms with Crippen LogP contribution in [0.2, 0.25) is 0 Å². The standard InChI is InChI=1S/C18H14F2N2OS/c1-22(10-13-7-8-14(19)9-15(13)20)18(23)16-11-24-17(21-16)12-5-3-2-4-6-12/h2-9,11H,10H2,1H3. The molecular formula is C18H14F2N2OS. The van der Waals surface area contributed by atoms with Gasteiger partial charge in [-0.1, -0.05) is 36.4 Å². The molecule has 0 aliphatic carbocycles. The quantitative estimate of drug-likeness (QED) is 0.704. The van der Waals surface area contributed by atoms with Crippen molar-refractivity contribution in [1.29, 1.82) is 0 Å². The highest BCUT2D eigenvalue weighted by molar-refractivity contribution is 7.13. The fraction of sp³-hybridized carbons (Fsp3) is 0.111. The largest absolute Gasteiger partial charge is 0.336 e. The molecule has 0 bridgehead atoms. The Morgan fingerprint density at radius 1 is 1.17 bits per heavy atom. The van der Waals surface area contributed by atoms with Gasteiger partial charge in [-0.25, -0.2) is 13.8 Å². The van der Waals surface area contributed by atoms with Gasteiger partial charge in [-0.15, -0.1) is 11.3 Å². The molecule has 1 amide bonds. The molecule has 2 aromatic carbocycles. The van der Waals surface area contributed by atoms with Crippen molar-refractivity contribution in [2.24, 2.45) is 0 Å². The summed E-state index contributed by atoms with van der Waals surface area (Å²) in [5.74, 6) is -1.62. The van der Waals surface area contributed by atoms with E-state index in [4.69, 9.17) is 0 Å². The Morgan fingerprint density at radius 3 is 2.62 bits per heavy atom. The van der Waals surface area contributed by atoms with E-state index in [-0.39, 0.29) is 18.0 Å². The van der Waals surface area contributed by atoms with Crippen molar-refractivity contribution in [3.05, 3.63) is 76.8 Å². The van der Waals surface area contributed by atoms with E-state index in [2.05, 4.69) is 4.98 Å². The third-order valence-electron chi connectivity index (χ3n) is 3.51. The first-order valence-corrected chi connectivity index (χ1v) is 8.13. The zero-order valence-corrected chi connectivity index (χ0v) is 13.7. The Bertz CT molecular complexity index is 864. The summed E-state index contributed by atoms with van der Waals surface area (Å²) in [6.07, 6.45) is 0. The monoisotopic (exact) mass is 344 g/mol. The van der Waals surface area contributed by atoms with Gasteiger partial charge >= 0.3 is 0 Å². The molecule has 0 atom stereocenters. The highest BCUT2D eigenvalue weighted by Crippen LogP contribution is 2.24. The summed E-state index contributed by atoms with van der Waals surface area (Å²) in [7, 11) is 1.56. The number of amides is 1. The van der Waals surface area contributed by atoms with Gasteiger partial charge in [0, 0.05) is 36.2 Å². The number of hydrogen-bond donors (Lipinski definition) is 0. The maximum Gasteiger partial charge on any atom is 0.273 e. The van der Waals surface area contributed by atoms with Gasteiger partial charge in [0.2, 0.25) is 0 Å². The van der Waals surface area contributed by atoms with E-state index in [0.717, 1.165) is 16.6 Å². The first-order chi connectivity index (χ1) is 11.5. The third kappa shape index (κ3) is 3.49. The topological polar surface area (TPSA) is 33.2 Å². The van der Waals surface area contributed by atoms with Crippen molar-refractivity contribution in [3.8, 4) is 10.6 Å². The highest BCUT2D eigenvalue weighted by atomic mass is 32.1. The zero-order valence-electron chi connectivity index (χ0n) is 12.9. The molecule has 0 saturated carbocycles. The van der Waals surface area contributed by atoms with Crippen molar-refractivity contribution < 1.29 is 13.6 Å². The summed E-state index contributed by atoms with van der Waals surface area (Å²) in [6, 6.07) is 12.9. The van der Waals surface area contributed by atoms with Crippen LogP contribution in [-0.4, -0.2) is 22.8 Å². The van der Waals surface area contributed by atoms with E-state index in [1.165, 1.54) is 28.4 Å². The summed E-state index contributed by atoms with van der Waals surface area (Å²) in [5.41, 5.74) is 1.50. The molecule has 0 saturated heterocycles. The Kier molecular flexibility index (Phi) is 4.66. The number of hydrogen-bond acceptors (Lipinski definition) is 3. The molecular weight excluding hydrogens is 330 g/mol. The molecule has 24 heavy (non-hydrogen) atoms. The molecule has 0 fully saturated rings. The fourth-order valence-electron chi connectivity index (χ4n) is 2.26. The van der Waals surface area contributed by atoms with E-state index in [0.29, 0.717) is 5.69 Å². The van der Waals surface area contributed by atoms with Crippen molar-refractivity contribution in [1.82, 2.24) is 9.88 Å². The van der Waals surface area contributed by atoms with Gasteiger partial charge in [-0.2, -0.15) is 0 Å². The van der Waals surface area contributed by atoms with Crippen molar-refractivity contribution >= 4 is 17.2 Å². The lowest BCUT2D eigenvalue weighted by atomic mass is 10.2. The second-order valence-corrected chi connectivity index (χ2v) is 6.16. The maximum atomic E-state index is 13.7. The molecule has 6 heteroatoms. The lowest BCUT2D eigenvalue weighted by Crippen LogP contribution is -2.27. The average Bonchev–Trinajstić information content (AvgIpc) is 3.07. The van der Waals surface area contributed by atoms with Gasteiger partial charge in [0.25, 0.3) is 5.91 Å². The third-order valence-corrected chi connectivity index (χ3v) is 4.40. The zero-order chi connectivity index (χ0) is 17.1. The van der Waals surface area contributed by atoms with Gasteiger partial charge in [0.1, 0.15) is 22.3 Å². The minimum Gasteiger partial charge on any atom is -0.336 e. The van der Waals surface area contributed by atoms with Crippen LogP contribution in [0.5, 0.6) is 0 Å². The second kappa shape index (κ2) is 6.88. The predicted octanol–water partition coefficient (Wildman–Crippen LogP) is 4.36. The van der Waals surface area contributed by atoms with E-state index in [1.807, 2.05) is 30.3 Å². The Morgan fingerprint density at radius 2 is 1.92 bits per heavy atom. The van der Waals surface area contributed by atoms with Crippen molar-refractivity contribution in [3.63, 3.8) is 0 Å². The Labute approximate surface area is 142 Å². The van der Waals surface area contributed by atoms with Gasteiger partial charge < -0.3 is 4.90 Å². The summed E-state index contributed by atoms with van der Waals surface area (Å²) in [4.78, 5) is 18.2. The predicted molar refractivity (Wildman–Crippen MR) is 89.7 cm³/mol. The van der Waals surface area contributed by atoms with Crippen molar-refractivity contribution in [2.75, 3.05) is 7.05 Å². The van der Waals surface area contributed by atoms with Crippen LogP contribution in [0.25, 0.3) is 10.6 Å². The molecule has 3 nitrogen and oxygen atoms in total. The SMILES string of the molecule is CN(Cc1ccc(F)cc1F)C(=O)c1csc(-c2ccccc2)n1. The highest BCUT2D eigenvalue weighted by Gasteiger charge is 2.17. The van der Waals surface area contributed by atoms with Crippen LogP contribution in [0.15, 0.2) is 53.9 Å². The van der Waals surface area contributed by atoms with E-state index < -0.39 is 11.6 Å². The van der Waals surface area contributed by atoms with Gasteiger partial charge in [-0.05, 0) is 6.07 Å². The average molecular weight is 344 g/mol. The minimum atomic E-state index is -0.669. The van der Waals surface area contributed by atoms with Crippen LogP contribution in [0.4, 0.5) is 8.78 Å². The molecule has 122 valence electrons. The van der Waals surface area contributed by atoms with E-state index in [1.54, 1.807) is 12.4 Å². The minimum absolute atomic E-state index is 0.0448. The molecule has 0 N–H and O–H groups in total. The normalized spacial score (nSPS) is 10.6. The number of benzene rings is 2. The van der Waals surface area contributed by atoms with Crippen LogP contribution in [0, 0.1) is 11.6 Å². The Hall–Kier alpha value is -2.60. The number of nitrogens with zero attached hydrogens (tertiary/aromatic N) is 2. The first kappa shape index (κ1) is 16.3. The summed E-state index contributed by atoms with van der Waals surface area (Å²) >= 11 is 1.38. The molecule has 0 aliphatic heterocycles. The summed E-state index contributed by atoms with van der Waals surface area (Å²) in [6.45, 7) is 0.0448. The molecule has 0 aliphatic rings. The number of aromatic nitrogens is 1. The van der Waals surface area contributed by atoms with Crippen LogP contribution < -0.4 is 0 Å². The van der Waals surface area contributed by atoms with Crippen molar-refractivity contribution in [2.45, 2.75) is 6.54 Å². The van der Waals surface area contributed by atoms with Gasteiger partial charge in [-0.3, -0.25) is 4.79 Å². The molecule has 1 heterocycles. The maximum absolute atomic E-state index is 13.7. The van der Waals surface area contributed by atoms with Crippen LogP contribution in [0.3, 0.4) is 0 Å². The summed E-state index contributed by atoms with van der Waals surface area (Å²) < 4.78 is 26.7. The molecule has 0 radical (unpaired) electrons. The first-order valence-electron chi connectivity index (χ1n) is 7.25. The molecule has 3 aromatic rings. The lowest BCUT2D eigenvalue weighted by Gasteiger charge is -2.16. The number of carbonyl (C=O) groups excluding carboxylic acids is 1. The lowest BCUT2D eigenvalue weighted by molar-refractivity contribution is 0.0779. The number of carbonyl (C=O) groups is 1. The van der Waals surface area contributed by atoms with Crippen LogP contribution >= 0.6 is 11.3 Å². The molecule has 0 unspecified atom stereocenters. The Balaban J connectivity index is 1.75. The summed E-state index contributed by atoms with van der Waals surface area (Å²) in [5, 5.41) is 2.43. The molecule has 0 spiro atoms. The van der Waals surface area contributed by atoms with Crippen LogP contribution in [-0.2, 0) is 6.54 Å². The van der Waals surface area contributed by atoms with E-state index in [9.17, 15) is 13.6 Å². The van der Waals surface area contributed by atoms with Gasteiger partial charge in [0.15, 0.2) is 0 Å². The fourth-order valence-corrected chi connectivity index (χ4v) is 3.06. The molecule has 3 rings (SSSR count).